The minimum atomic E-state index is -3.55. The van der Waals surface area contributed by atoms with E-state index in [2.05, 4.69) is 38.9 Å². The summed E-state index contributed by atoms with van der Waals surface area (Å²) in [5, 5.41) is 0. The number of sulfonamides is 1. The Hall–Kier alpha value is -2.70. The summed E-state index contributed by atoms with van der Waals surface area (Å²) in [6.45, 7) is 0. The average Bonchev–Trinajstić information content (AvgIpc) is 3.08. The first kappa shape index (κ1) is 16.8. The summed E-state index contributed by atoms with van der Waals surface area (Å²) in [5.41, 5.74) is 4.27. The van der Waals surface area contributed by atoms with E-state index in [1.165, 1.54) is 24.4 Å². The maximum Gasteiger partial charge on any atom is 0.241 e. The van der Waals surface area contributed by atoms with Crippen LogP contribution in [0.1, 0.15) is 17.2 Å². The molecule has 0 fully saturated rings. The van der Waals surface area contributed by atoms with Crippen molar-refractivity contribution in [1.82, 2.24) is 9.71 Å². The van der Waals surface area contributed by atoms with E-state index >= 15 is 0 Å². The summed E-state index contributed by atoms with van der Waals surface area (Å²) < 4.78 is 26.7. The molecule has 0 saturated carbocycles. The molecule has 0 saturated heterocycles. The highest BCUT2D eigenvalue weighted by atomic mass is 32.2. The Morgan fingerprint density at radius 1 is 1.04 bits per heavy atom. The quantitative estimate of drug-likeness (QED) is 0.769. The van der Waals surface area contributed by atoms with Crippen molar-refractivity contribution in [1.29, 1.82) is 0 Å². The Morgan fingerprint density at radius 2 is 1.77 bits per heavy atom. The molecule has 5 nitrogen and oxygen atoms in total. The fourth-order valence-corrected chi connectivity index (χ4v) is 4.16. The van der Waals surface area contributed by atoms with Crippen LogP contribution in [0.15, 0.2) is 78.0 Å². The van der Waals surface area contributed by atoms with Crippen molar-refractivity contribution in [2.45, 2.75) is 17.4 Å². The van der Waals surface area contributed by atoms with E-state index in [0.29, 0.717) is 0 Å². The lowest BCUT2D eigenvalue weighted by molar-refractivity contribution is 0.587. The van der Waals surface area contributed by atoms with Crippen LogP contribution in [0.3, 0.4) is 0 Å². The van der Waals surface area contributed by atoms with Gasteiger partial charge in [-0.15, -0.1) is 0 Å². The van der Waals surface area contributed by atoms with E-state index in [1.54, 1.807) is 12.3 Å². The number of para-hydroxylation sites is 1. The normalized spacial score (nSPS) is 16.5. The molecule has 0 bridgehead atoms. The van der Waals surface area contributed by atoms with Crippen LogP contribution >= 0.6 is 0 Å². The number of hydrogen-bond acceptors (Lipinski definition) is 4. The first-order valence-corrected chi connectivity index (χ1v) is 9.89. The van der Waals surface area contributed by atoms with Gasteiger partial charge in [-0.3, -0.25) is 4.98 Å². The van der Waals surface area contributed by atoms with Gasteiger partial charge in [0.25, 0.3) is 0 Å². The molecule has 1 aromatic heterocycles. The van der Waals surface area contributed by atoms with Crippen LogP contribution in [-0.4, -0.2) is 20.4 Å². The van der Waals surface area contributed by atoms with Gasteiger partial charge >= 0.3 is 0 Å². The number of nitrogens with zero attached hydrogens (tertiary/aromatic N) is 2. The zero-order chi connectivity index (χ0) is 18.1. The Bertz CT molecular complexity index is 1040. The van der Waals surface area contributed by atoms with Crippen LogP contribution in [-0.2, 0) is 16.4 Å². The monoisotopic (exact) mass is 365 g/mol. The van der Waals surface area contributed by atoms with E-state index in [-0.39, 0.29) is 10.9 Å². The fraction of sp³-hybridized carbons (Fsp3) is 0.150. The van der Waals surface area contributed by atoms with Crippen molar-refractivity contribution in [3.8, 4) is 0 Å². The minimum Gasteiger partial charge on any atom is -0.332 e. The molecule has 2 heterocycles. The molecule has 1 aliphatic heterocycles. The standard InChI is InChI=1S/C20H19N3O2S/c1-21-26(24,25)18-12-17(13-22-14-18)23-19-10-6-5-9-16(19)11-20(23)15-7-3-2-4-8-15/h2-10,12-14,20-21H,11H2,1H3. The summed E-state index contributed by atoms with van der Waals surface area (Å²) in [6, 6.07) is 20.2. The smallest absolute Gasteiger partial charge is 0.241 e. The Morgan fingerprint density at radius 3 is 2.54 bits per heavy atom. The number of hydrogen-bond donors (Lipinski definition) is 1. The Balaban J connectivity index is 1.85. The van der Waals surface area contributed by atoms with Gasteiger partial charge in [0.2, 0.25) is 10.0 Å². The van der Waals surface area contributed by atoms with Gasteiger partial charge in [0.15, 0.2) is 0 Å². The van der Waals surface area contributed by atoms with Crippen LogP contribution in [0.2, 0.25) is 0 Å². The molecule has 2 aromatic carbocycles. The van der Waals surface area contributed by atoms with Crippen molar-refractivity contribution >= 4 is 21.4 Å². The highest BCUT2D eigenvalue weighted by Gasteiger charge is 2.32. The lowest BCUT2D eigenvalue weighted by atomic mass is 10.0. The maximum atomic E-state index is 12.2. The van der Waals surface area contributed by atoms with Gasteiger partial charge in [0.1, 0.15) is 4.90 Å². The lowest BCUT2D eigenvalue weighted by Crippen LogP contribution is -2.22. The number of aromatic nitrogens is 1. The number of fused-ring (bicyclic) bond motifs is 1. The molecule has 3 aromatic rings. The SMILES string of the molecule is CNS(=O)(=O)c1cncc(N2c3ccccc3CC2c2ccccc2)c1. The van der Waals surface area contributed by atoms with Gasteiger partial charge in [-0.05, 0) is 36.7 Å². The van der Waals surface area contributed by atoms with Crippen LogP contribution < -0.4 is 9.62 Å². The van der Waals surface area contributed by atoms with Crippen molar-refractivity contribution in [3.05, 3.63) is 84.2 Å². The van der Waals surface area contributed by atoms with Crippen LogP contribution in [0, 0.1) is 0 Å². The third-order valence-electron chi connectivity index (χ3n) is 4.72. The predicted octanol–water partition coefficient (Wildman–Crippen LogP) is 3.43. The average molecular weight is 365 g/mol. The Kier molecular flexibility index (Phi) is 4.22. The van der Waals surface area contributed by atoms with Crippen LogP contribution in [0.25, 0.3) is 0 Å². The van der Waals surface area contributed by atoms with Crippen LogP contribution in [0.5, 0.6) is 0 Å². The number of benzene rings is 2. The lowest BCUT2D eigenvalue weighted by Gasteiger charge is -2.28. The summed E-state index contributed by atoms with van der Waals surface area (Å²) in [4.78, 5) is 6.52. The van der Waals surface area contributed by atoms with Gasteiger partial charge in [-0.25, -0.2) is 13.1 Å². The van der Waals surface area contributed by atoms with Crippen LogP contribution in [0.4, 0.5) is 11.4 Å². The molecule has 6 heteroatoms. The summed E-state index contributed by atoms with van der Waals surface area (Å²) in [6.07, 6.45) is 3.95. The van der Waals surface area contributed by atoms with Gasteiger partial charge in [0.05, 0.1) is 17.9 Å². The van der Waals surface area contributed by atoms with Gasteiger partial charge in [-0.2, -0.15) is 0 Å². The zero-order valence-electron chi connectivity index (χ0n) is 14.3. The molecule has 1 N–H and O–H groups in total. The minimum absolute atomic E-state index is 0.0999. The molecule has 1 unspecified atom stereocenters. The van der Waals surface area contributed by atoms with E-state index in [9.17, 15) is 8.42 Å². The topological polar surface area (TPSA) is 62.3 Å². The van der Waals surface area contributed by atoms with E-state index in [1.807, 2.05) is 30.3 Å². The Labute approximate surface area is 153 Å². The largest absolute Gasteiger partial charge is 0.332 e. The molecular formula is C20H19N3O2S. The maximum absolute atomic E-state index is 12.2. The van der Waals surface area contributed by atoms with Gasteiger partial charge in [-0.1, -0.05) is 48.5 Å². The molecule has 0 amide bonds. The van der Waals surface area contributed by atoms with Crippen molar-refractivity contribution in [2.75, 3.05) is 11.9 Å². The molecule has 1 atom stereocenters. The van der Waals surface area contributed by atoms with E-state index < -0.39 is 10.0 Å². The summed E-state index contributed by atoms with van der Waals surface area (Å²) in [5.74, 6) is 0. The molecule has 4 rings (SSSR count). The van der Waals surface area contributed by atoms with Crippen molar-refractivity contribution in [2.24, 2.45) is 0 Å². The first-order chi connectivity index (χ1) is 12.6. The predicted molar refractivity (Wildman–Crippen MR) is 102 cm³/mol. The number of nitrogens with one attached hydrogen (secondary N) is 1. The van der Waals surface area contributed by atoms with Crippen molar-refractivity contribution < 1.29 is 8.42 Å². The van der Waals surface area contributed by atoms with Crippen molar-refractivity contribution in [3.63, 3.8) is 0 Å². The number of rotatable bonds is 4. The molecule has 0 spiro atoms. The third-order valence-corrected chi connectivity index (χ3v) is 6.10. The second-order valence-corrected chi connectivity index (χ2v) is 8.10. The van der Waals surface area contributed by atoms with E-state index in [0.717, 1.165) is 17.8 Å². The van der Waals surface area contributed by atoms with Gasteiger partial charge in [0, 0.05) is 11.9 Å². The second-order valence-electron chi connectivity index (χ2n) is 6.22. The molecule has 0 radical (unpaired) electrons. The highest BCUT2D eigenvalue weighted by molar-refractivity contribution is 7.89. The molecular weight excluding hydrogens is 346 g/mol. The van der Waals surface area contributed by atoms with E-state index in [4.69, 9.17) is 0 Å². The second kappa shape index (κ2) is 6.55. The third kappa shape index (κ3) is 2.87. The highest BCUT2D eigenvalue weighted by Crippen LogP contribution is 2.45. The number of pyridine rings is 1. The summed E-state index contributed by atoms with van der Waals surface area (Å²) >= 11 is 0. The van der Waals surface area contributed by atoms with Gasteiger partial charge < -0.3 is 4.90 Å². The number of anilines is 2. The first-order valence-electron chi connectivity index (χ1n) is 8.41. The summed E-state index contributed by atoms with van der Waals surface area (Å²) in [7, 11) is -2.15. The fourth-order valence-electron chi connectivity index (χ4n) is 3.45. The molecule has 1 aliphatic rings. The zero-order valence-corrected chi connectivity index (χ0v) is 15.1. The molecule has 0 aliphatic carbocycles. The molecule has 132 valence electrons. The molecule has 26 heavy (non-hydrogen) atoms.